The lowest BCUT2D eigenvalue weighted by Crippen LogP contribution is -2.37. The average Bonchev–Trinajstić information content (AvgIpc) is 3.32. The van der Waals surface area contributed by atoms with Gasteiger partial charge in [-0.2, -0.15) is 0 Å². The number of anilines is 1. The highest BCUT2D eigenvalue weighted by molar-refractivity contribution is 5.88. The number of halogens is 3. The zero-order valence-electron chi connectivity index (χ0n) is 16.9. The van der Waals surface area contributed by atoms with Gasteiger partial charge in [0.05, 0.1) is 22.9 Å². The van der Waals surface area contributed by atoms with Crippen LogP contribution in [0.15, 0.2) is 34.3 Å². The first kappa shape index (κ1) is 22.2. The topological polar surface area (TPSA) is 123 Å². The number of fused-ring (bicyclic) bond motifs is 2. The Balaban J connectivity index is 0.000000157. The Morgan fingerprint density at radius 3 is 1.91 bits per heavy atom. The van der Waals surface area contributed by atoms with Gasteiger partial charge in [0.1, 0.15) is 5.69 Å². The van der Waals surface area contributed by atoms with Gasteiger partial charge >= 0.3 is 12.0 Å². The first-order valence-electron chi connectivity index (χ1n) is 9.75. The second-order valence-corrected chi connectivity index (χ2v) is 7.40. The van der Waals surface area contributed by atoms with Crippen molar-refractivity contribution >= 4 is 29.5 Å². The number of ether oxygens (including phenoxy) is 1. The van der Waals surface area contributed by atoms with E-state index in [1.165, 1.54) is 6.21 Å². The predicted molar refractivity (Wildman–Crippen MR) is 112 cm³/mol. The van der Waals surface area contributed by atoms with E-state index in [1.807, 2.05) is 6.07 Å². The summed E-state index contributed by atoms with van der Waals surface area (Å²) in [6.45, 7) is 2.68. The third kappa shape index (κ3) is 4.76. The average molecular weight is 463 g/mol. The molecule has 5 rings (SSSR count). The Morgan fingerprint density at radius 1 is 0.879 bits per heavy atom. The van der Waals surface area contributed by atoms with Crippen molar-refractivity contribution in [3.8, 4) is 5.75 Å². The van der Waals surface area contributed by atoms with Crippen molar-refractivity contribution in [3.05, 3.63) is 66.7 Å². The Hall–Kier alpha value is -4.03. The van der Waals surface area contributed by atoms with Crippen LogP contribution >= 0.6 is 0 Å². The SMILES string of the molecule is O=[N+]([O-])c1cc2c(cc1N1CCC1)CN=C2.O=[N+]([O-])c1cc2c(cc1OC(F)(F)F)CN=C2. The molecule has 0 amide bonds. The van der Waals surface area contributed by atoms with Gasteiger partial charge in [0.25, 0.3) is 5.69 Å². The van der Waals surface area contributed by atoms with Crippen LogP contribution in [0.1, 0.15) is 28.7 Å². The van der Waals surface area contributed by atoms with E-state index >= 15 is 0 Å². The minimum absolute atomic E-state index is 0.196. The number of nitro benzene ring substituents is 2. The minimum Gasteiger partial charge on any atom is -0.398 e. The van der Waals surface area contributed by atoms with Crippen LogP contribution in [0.25, 0.3) is 0 Å². The van der Waals surface area contributed by atoms with Crippen LogP contribution in [0.5, 0.6) is 5.75 Å². The summed E-state index contributed by atoms with van der Waals surface area (Å²) in [7, 11) is 0. The van der Waals surface area contributed by atoms with Crippen LogP contribution < -0.4 is 9.64 Å². The number of benzene rings is 2. The van der Waals surface area contributed by atoms with Crippen LogP contribution in [0, 0.1) is 20.2 Å². The molecule has 33 heavy (non-hydrogen) atoms. The van der Waals surface area contributed by atoms with Crippen LogP contribution in [0.4, 0.5) is 30.2 Å². The second-order valence-electron chi connectivity index (χ2n) is 7.40. The summed E-state index contributed by atoms with van der Waals surface area (Å²) in [5, 5.41) is 21.6. The molecule has 3 aliphatic rings. The smallest absolute Gasteiger partial charge is 0.398 e. The Kier molecular flexibility index (Phi) is 5.70. The van der Waals surface area contributed by atoms with E-state index in [0.29, 0.717) is 17.7 Å². The maximum Gasteiger partial charge on any atom is 0.573 e. The van der Waals surface area contributed by atoms with Gasteiger partial charge in [0, 0.05) is 48.8 Å². The molecule has 0 saturated carbocycles. The largest absolute Gasteiger partial charge is 0.573 e. The summed E-state index contributed by atoms with van der Waals surface area (Å²) in [6.07, 6.45) is -0.759. The van der Waals surface area contributed by atoms with E-state index in [2.05, 4.69) is 19.6 Å². The highest BCUT2D eigenvalue weighted by Gasteiger charge is 2.35. The molecule has 0 bridgehead atoms. The van der Waals surface area contributed by atoms with E-state index in [1.54, 1.807) is 12.3 Å². The molecule has 13 heteroatoms. The van der Waals surface area contributed by atoms with Gasteiger partial charge in [-0.05, 0) is 29.7 Å². The Morgan fingerprint density at radius 2 is 1.42 bits per heavy atom. The molecule has 0 N–H and O–H groups in total. The minimum atomic E-state index is -4.96. The van der Waals surface area contributed by atoms with Gasteiger partial charge in [-0.15, -0.1) is 13.2 Å². The van der Waals surface area contributed by atoms with Gasteiger partial charge in [-0.25, -0.2) is 0 Å². The van der Waals surface area contributed by atoms with Crippen LogP contribution in [-0.2, 0) is 13.1 Å². The number of hydrogen-bond acceptors (Lipinski definition) is 8. The molecule has 10 nitrogen and oxygen atoms in total. The summed E-state index contributed by atoms with van der Waals surface area (Å²) in [4.78, 5) is 30.4. The lowest BCUT2D eigenvalue weighted by atomic mass is 10.0. The number of aliphatic imine (C=N–C) groups is 2. The molecule has 0 unspecified atom stereocenters. The van der Waals surface area contributed by atoms with Crippen molar-refractivity contribution in [3.63, 3.8) is 0 Å². The molecule has 1 fully saturated rings. The zero-order chi connectivity index (χ0) is 23.8. The summed E-state index contributed by atoms with van der Waals surface area (Å²) in [6, 6.07) is 5.57. The first-order chi connectivity index (χ1) is 15.6. The van der Waals surface area contributed by atoms with E-state index < -0.39 is 22.7 Å². The fraction of sp³-hybridized carbons (Fsp3) is 0.300. The van der Waals surface area contributed by atoms with E-state index in [4.69, 9.17) is 0 Å². The predicted octanol–water partition coefficient (Wildman–Crippen LogP) is 4.16. The fourth-order valence-electron chi connectivity index (χ4n) is 3.57. The number of rotatable bonds is 4. The highest BCUT2D eigenvalue weighted by Crippen LogP contribution is 2.36. The molecule has 0 aliphatic carbocycles. The molecule has 0 spiro atoms. The van der Waals surface area contributed by atoms with Gasteiger partial charge in [-0.3, -0.25) is 30.2 Å². The van der Waals surface area contributed by atoms with E-state index in [0.717, 1.165) is 48.5 Å². The summed E-state index contributed by atoms with van der Waals surface area (Å²) in [5.41, 5.74) is 3.10. The van der Waals surface area contributed by atoms with Gasteiger partial charge < -0.3 is 9.64 Å². The van der Waals surface area contributed by atoms with E-state index in [9.17, 15) is 33.4 Å². The first-order valence-corrected chi connectivity index (χ1v) is 9.75. The monoisotopic (exact) mass is 463 g/mol. The summed E-state index contributed by atoms with van der Waals surface area (Å²) < 4.78 is 39.8. The van der Waals surface area contributed by atoms with Crippen LogP contribution in [-0.4, -0.2) is 41.7 Å². The molecule has 0 atom stereocenters. The van der Waals surface area contributed by atoms with Crippen molar-refractivity contribution in [2.45, 2.75) is 25.9 Å². The quantitative estimate of drug-likeness (QED) is 0.495. The number of alkyl halides is 3. The third-order valence-electron chi connectivity index (χ3n) is 5.26. The Bertz CT molecular complexity index is 1190. The van der Waals surface area contributed by atoms with E-state index in [-0.39, 0.29) is 17.2 Å². The van der Waals surface area contributed by atoms with Crippen molar-refractivity contribution in [2.24, 2.45) is 9.98 Å². The number of nitrogens with zero attached hydrogens (tertiary/aromatic N) is 5. The normalized spacial score (nSPS) is 15.3. The molecule has 2 aromatic rings. The van der Waals surface area contributed by atoms with Crippen LogP contribution in [0.2, 0.25) is 0 Å². The second kappa shape index (κ2) is 8.48. The third-order valence-corrected chi connectivity index (χ3v) is 5.26. The van der Waals surface area contributed by atoms with Crippen molar-refractivity contribution in [2.75, 3.05) is 18.0 Å². The number of hydrogen-bond donors (Lipinski definition) is 0. The molecular formula is C20H16F3N5O5. The van der Waals surface area contributed by atoms with Crippen molar-refractivity contribution < 1.29 is 27.8 Å². The van der Waals surface area contributed by atoms with Gasteiger partial charge in [-0.1, -0.05) is 0 Å². The molecule has 0 radical (unpaired) electrons. The summed E-state index contributed by atoms with van der Waals surface area (Å²) >= 11 is 0. The highest BCUT2D eigenvalue weighted by atomic mass is 19.4. The molecule has 2 aromatic carbocycles. The lowest BCUT2D eigenvalue weighted by Gasteiger charge is -2.32. The summed E-state index contributed by atoms with van der Waals surface area (Å²) in [5.74, 6) is -0.813. The molecule has 172 valence electrons. The van der Waals surface area contributed by atoms with Gasteiger partial charge in [0.15, 0.2) is 0 Å². The van der Waals surface area contributed by atoms with Crippen LogP contribution in [0.3, 0.4) is 0 Å². The van der Waals surface area contributed by atoms with Crippen molar-refractivity contribution in [1.29, 1.82) is 0 Å². The molecule has 0 aromatic heterocycles. The molecular weight excluding hydrogens is 447 g/mol. The standard InChI is InChI=1S/C11H11N3O2.C9H5F3N2O3/c15-14(16)11-5-9-7-12-6-8(9)4-10(11)13-2-1-3-13;10-9(11,12)17-8-2-6-4-13-3-5(6)1-7(8)14(15)16/h4-5,7H,1-3,6H2;1-3H,4H2. The molecule has 1 saturated heterocycles. The maximum absolute atomic E-state index is 12.1. The Labute approximate surface area is 184 Å². The number of nitro groups is 2. The molecule has 3 heterocycles. The van der Waals surface area contributed by atoms with Crippen molar-refractivity contribution in [1.82, 2.24) is 0 Å². The molecule has 3 aliphatic heterocycles. The maximum atomic E-state index is 12.1. The zero-order valence-corrected chi connectivity index (χ0v) is 16.9. The lowest BCUT2D eigenvalue weighted by molar-refractivity contribution is -0.388. The fourth-order valence-corrected chi connectivity index (χ4v) is 3.57. The van der Waals surface area contributed by atoms with Gasteiger partial charge in [0.2, 0.25) is 5.75 Å².